The zero-order chi connectivity index (χ0) is 52.5. The van der Waals surface area contributed by atoms with Crippen LogP contribution in [0.25, 0.3) is 44.3 Å². The molecule has 2 aromatic carbocycles. The molecular formula is C52H50Cl2F8N8O4. The van der Waals surface area contributed by atoms with Gasteiger partial charge in [-0.05, 0) is 113 Å². The molecule has 6 aromatic heterocycles. The molecule has 2 saturated carbocycles. The minimum Gasteiger partial charge on any atom is -0.434 e. The third-order valence-electron chi connectivity index (χ3n) is 14.2. The number of H-pyrrole nitrogens is 2. The minimum absolute atomic E-state index is 0.191. The van der Waals surface area contributed by atoms with Crippen molar-refractivity contribution in [3.63, 3.8) is 0 Å². The van der Waals surface area contributed by atoms with E-state index < -0.39 is 71.6 Å². The standard InChI is InChI=1S/2C26H25ClF4N4O2/c2*1-13-19(12-34-35(13)15-2-4-16(36)5-3-15)14-8-17-20(11-33-25(17)32-10-14)18(9-28)23-22(37-26(30)31)7-6-21(29)24(23)27/h2*6-8,10-12,15-16,18,26,36H,2-5,9H2,1H3,(H,32,33)/t2*15?,16?,18-/m10/s1. The second kappa shape index (κ2) is 22.3. The van der Waals surface area contributed by atoms with Gasteiger partial charge in [0.1, 0.15) is 47.8 Å². The number of rotatable bonds is 14. The first-order valence-corrected chi connectivity index (χ1v) is 24.7. The Kier molecular flexibility index (Phi) is 15.9. The van der Waals surface area contributed by atoms with Gasteiger partial charge < -0.3 is 29.7 Å². The van der Waals surface area contributed by atoms with Gasteiger partial charge in [-0.1, -0.05) is 23.2 Å². The lowest BCUT2D eigenvalue weighted by atomic mass is 9.91. The summed E-state index contributed by atoms with van der Waals surface area (Å²) in [5, 5.41) is 28.9. The summed E-state index contributed by atoms with van der Waals surface area (Å²) >= 11 is 12.3. The van der Waals surface area contributed by atoms with Gasteiger partial charge in [-0.3, -0.25) is 18.1 Å². The maximum absolute atomic E-state index is 14.5. The summed E-state index contributed by atoms with van der Waals surface area (Å²) < 4.78 is 123. The lowest BCUT2D eigenvalue weighted by Crippen LogP contribution is -2.22. The second-order valence-electron chi connectivity index (χ2n) is 18.5. The molecule has 2 aliphatic rings. The lowest BCUT2D eigenvalue weighted by Gasteiger charge is -2.26. The number of alkyl halides is 6. The van der Waals surface area contributed by atoms with Crippen molar-refractivity contribution in [2.75, 3.05) is 13.3 Å². The van der Waals surface area contributed by atoms with Crippen LogP contribution in [-0.4, -0.2) is 88.5 Å². The molecule has 392 valence electrons. The Morgan fingerprint density at radius 2 is 0.986 bits per heavy atom. The van der Waals surface area contributed by atoms with Gasteiger partial charge in [0.15, 0.2) is 0 Å². The molecule has 74 heavy (non-hydrogen) atoms. The first-order chi connectivity index (χ1) is 35.6. The number of benzene rings is 2. The maximum atomic E-state index is 14.5. The Balaban J connectivity index is 0.000000182. The molecule has 0 aliphatic heterocycles. The molecule has 2 aliphatic carbocycles. The monoisotopic (exact) mass is 1070 g/mol. The predicted molar refractivity (Wildman–Crippen MR) is 263 cm³/mol. The van der Waals surface area contributed by atoms with Crippen LogP contribution in [0.3, 0.4) is 0 Å². The highest BCUT2D eigenvalue weighted by molar-refractivity contribution is 6.32. The first-order valence-electron chi connectivity index (χ1n) is 23.9. The van der Waals surface area contributed by atoms with E-state index in [0.29, 0.717) is 33.2 Å². The van der Waals surface area contributed by atoms with Crippen LogP contribution < -0.4 is 9.47 Å². The van der Waals surface area contributed by atoms with Gasteiger partial charge in [-0.25, -0.2) is 18.7 Å². The number of hydrogen-bond acceptors (Lipinski definition) is 8. The van der Waals surface area contributed by atoms with E-state index in [9.17, 15) is 45.3 Å². The topological polar surface area (TPSA) is 152 Å². The summed E-state index contributed by atoms with van der Waals surface area (Å²) in [6, 6.07) is 7.86. The van der Waals surface area contributed by atoms with Gasteiger partial charge in [-0.2, -0.15) is 27.8 Å². The highest BCUT2D eigenvalue weighted by Crippen LogP contribution is 2.45. The SMILES string of the molecule is Cc1c(-c2cnc3[nH]cc([C@@H](CF)c4c(OC(F)F)ccc(F)c4Cl)c3c2)cnn1C1CCC(O)CC1.Cc1c(-c2cnc3[nH]cc([C@H](CF)c4c(OC(F)F)ccc(F)c4Cl)c3c2)cnn1C1CCC(O)CC1. The van der Waals surface area contributed by atoms with Crippen LogP contribution in [0.5, 0.6) is 11.5 Å². The van der Waals surface area contributed by atoms with Crippen LogP contribution >= 0.6 is 23.2 Å². The van der Waals surface area contributed by atoms with Crippen LogP contribution in [0, 0.1) is 25.5 Å². The summed E-state index contributed by atoms with van der Waals surface area (Å²) in [6.45, 7) is -4.54. The number of nitrogens with zero attached hydrogens (tertiary/aromatic N) is 6. The summed E-state index contributed by atoms with van der Waals surface area (Å²) in [7, 11) is 0. The first kappa shape index (κ1) is 52.6. The van der Waals surface area contributed by atoms with E-state index in [0.717, 1.165) is 109 Å². The molecule has 0 amide bonds. The Bertz CT molecular complexity index is 3040. The van der Waals surface area contributed by atoms with Crippen molar-refractivity contribution in [2.45, 2.75) is 115 Å². The number of aliphatic hydroxyl groups excluding tert-OH is 2. The van der Waals surface area contributed by atoms with Gasteiger partial charge in [0.05, 0.1) is 46.7 Å². The predicted octanol–water partition coefficient (Wildman–Crippen LogP) is 13.4. The molecule has 0 bridgehead atoms. The molecular weight excluding hydrogens is 1020 g/mol. The van der Waals surface area contributed by atoms with E-state index >= 15 is 0 Å². The van der Waals surface area contributed by atoms with E-state index in [1.54, 1.807) is 24.8 Å². The van der Waals surface area contributed by atoms with Crippen LogP contribution in [0.4, 0.5) is 35.1 Å². The number of pyridine rings is 2. The normalized spacial score (nSPS) is 19.0. The van der Waals surface area contributed by atoms with Gasteiger partial charge >= 0.3 is 13.2 Å². The van der Waals surface area contributed by atoms with Gasteiger partial charge in [-0.15, -0.1) is 0 Å². The molecule has 6 heterocycles. The van der Waals surface area contributed by atoms with Gasteiger partial charge in [0.25, 0.3) is 0 Å². The Hall–Kier alpha value is -6.22. The molecule has 22 heteroatoms. The Labute approximate surface area is 428 Å². The summed E-state index contributed by atoms with van der Waals surface area (Å²) in [4.78, 5) is 14.9. The molecule has 8 aromatic rings. The molecule has 0 spiro atoms. The molecule has 2 fully saturated rings. The molecule has 2 atom stereocenters. The average molecular weight is 1070 g/mol. The zero-order valence-electron chi connectivity index (χ0n) is 39.8. The van der Waals surface area contributed by atoms with Crippen molar-refractivity contribution < 1.29 is 54.8 Å². The van der Waals surface area contributed by atoms with Crippen LogP contribution in [0.15, 0.2) is 73.6 Å². The largest absolute Gasteiger partial charge is 0.434 e. The number of hydrogen-bond donors (Lipinski definition) is 4. The van der Waals surface area contributed by atoms with Gasteiger partial charge in [0, 0.05) is 92.2 Å². The highest BCUT2D eigenvalue weighted by atomic mass is 35.5. The Morgan fingerprint density at radius 1 is 0.608 bits per heavy atom. The molecule has 0 unspecified atom stereocenters. The smallest absolute Gasteiger partial charge is 0.387 e. The Morgan fingerprint density at radius 3 is 1.34 bits per heavy atom. The average Bonchev–Trinajstić information content (AvgIpc) is 4.19. The van der Waals surface area contributed by atoms with E-state index in [-0.39, 0.29) is 35.4 Å². The second-order valence-corrected chi connectivity index (χ2v) is 19.3. The number of aliphatic hydroxyl groups is 2. The van der Waals surface area contributed by atoms with E-state index in [2.05, 4.69) is 39.6 Å². The minimum atomic E-state index is -3.19. The van der Waals surface area contributed by atoms with Gasteiger partial charge in [0.2, 0.25) is 0 Å². The summed E-state index contributed by atoms with van der Waals surface area (Å²) in [5.74, 6) is -4.88. The maximum Gasteiger partial charge on any atom is 0.387 e. The van der Waals surface area contributed by atoms with Crippen molar-refractivity contribution in [2.24, 2.45) is 0 Å². The molecule has 0 radical (unpaired) electrons. The summed E-state index contributed by atoms with van der Waals surface area (Å²) in [5.41, 5.74) is 6.29. The van der Waals surface area contributed by atoms with Crippen molar-refractivity contribution in [3.8, 4) is 33.8 Å². The highest BCUT2D eigenvalue weighted by Gasteiger charge is 2.31. The van der Waals surface area contributed by atoms with Crippen LogP contribution in [0.2, 0.25) is 10.0 Å². The summed E-state index contributed by atoms with van der Waals surface area (Å²) in [6.07, 6.45) is 15.6. The molecule has 0 saturated heterocycles. The number of aromatic amines is 2. The quantitative estimate of drug-likeness (QED) is 0.0786. The fraction of sp³-hybridized carbons (Fsp3) is 0.385. The fourth-order valence-electron chi connectivity index (χ4n) is 10.4. The van der Waals surface area contributed by atoms with Crippen molar-refractivity contribution in [1.82, 2.24) is 39.5 Å². The van der Waals surface area contributed by atoms with E-state index in [1.165, 1.54) is 12.4 Å². The van der Waals surface area contributed by atoms with Crippen LogP contribution in [0.1, 0.15) is 109 Å². The van der Waals surface area contributed by atoms with Crippen LogP contribution in [-0.2, 0) is 0 Å². The number of ether oxygens (including phenoxy) is 2. The van der Waals surface area contributed by atoms with E-state index in [4.69, 9.17) is 23.2 Å². The van der Waals surface area contributed by atoms with Crippen molar-refractivity contribution >= 4 is 45.3 Å². The number of nitrogens with one attached hydrogen (secondary N) is 2. The molecule has 4 N–H and O–H groups in total. The van der Waals surface area contributed by atoms with Crippen molar-refractivity contribution in [1.29, 1.82) is 0 Å². The third kappa shape index (κ3) is 10.5. The third-order valence-corrected chi connectivity index (χ3v) is 15.0. The number of halogens is 10. The van der Waals surface area contributed by atoms with Crippen molar-refractivity contribution in [3.05, 3.63) is 129 Å². The molecule has 10 rings (SSSR count). The lowest BCUT2D eigenvalue weighted by molar-refractivity contribution is -0.0513. The number of aromatic nitrogens is 8. The van der Waals surface area contributed by atoms with E-state index in [1.807, 2.05) is 35.3 Å². The zero-order valence-corrected chi connectivity index (χ0v) is 41.3. The number of fused-ring (bicyclic) bond motifs is 2. The fourth-order valence-corrected chi connectivity index (χ4v) is 11.0. The molecule has 12 nitrogen and oxygen atoms in total.